The van der Waals surface area contributed by atoms with Crippen LogP contribution in [0, 0.1) is 0 Å². The zero-order valence-corrected chi connectivity index (χ0v) is 16.1. The maximum Gasteiger partial charge on any atom is 0.272 e. The highest BCUT2D eigenvalue weighted by Crippen LogP contribution is 2.21. The second kappa shape index (κ2) is 8.87. The number of carbonyl (C=O) groups excluding carboxylic acids is 1. The Morgan fingerprint density at radius 3 is 2.30 bits per heavy atom. The topological polar surface area (TPSA) is 73.2 Å². The standard InChI is InChI=1S/C24H19N3O3/c28-23-15-14-22(26-27(23)19-9-3-1-4-10-19)24(29)25-17-18-8-7-13-21(16-18)30-20-11-5-2-6-12-20/h1-16H,17H2,(H,25,29). The van der Waals surface area contributed by atoms with E-state index in [1.807, 2.05) is 60.7 Å². The first-order valence-electron chi connectivity index (χ1n) is 9.45. The van der Waals surface area contributed by atoms with Crippen molar-refractivity contribution >= 4 is 5.91 Å². The number of benzene rings is 3. The van der Waals surface area contributed by atoms with Gasteiger partial charge in [0.15, 0.2) is 0 Å². The average molecular weight is 397 g/mol. The molecular formula is C24H19N3O3. The number of hydrogen-bond donors (Lipinski definition) is 1. The van der Waals surface area contributed by atoms with Gasteiger partial charge in [0.1, 0.15) is 17.2 Å². The van der Waals surface area contributed by atoms with E-state index in [9.17, 15) is 9.59 Å². The molecule has 0 aliphatic rings. The van der Waals surface area contributed by atoms with Gasteiger partial charge in [0.25, 0.3) is 11.5 Å². The summed E-state index contributed by atoms with van der Waals surface area (Å²) in [4.78, 5) is 24.7. The number of nitrogens with one attached hydrogen (secondary N) is 1. The summed E-state index contributed by atoms with van der Waals surface area (Å²) in [5.74, 6) is 1.06. The van der Waals surface area contributed by atoms with E-state index in [2.05, 4.69) is 10.4 Å². The predicted molar refractivity (Wildman–Crippen MR) is 114 cm³/mol. The SMILES string of the molecule is O=C(NCc1cccc(Oc2ccccc2)c1)c1ccc(=O)n(-c2ccccc2)n1. The quantitative estimate of drug-likeness (QED) is 0.535. The summed E-state index contributed by atoms with van der Waals surface area (Å²) < 4.78 is 7.04. The fraction of sp³-hybridized carbons (Fsp3) is 0.0417. The molecule has 3 aromatic carbocycles. The molecule has 0 bridgehead atoms. The van der Waals surface area contributed by atoms with E-state index in [4.69, 9.17) is 4.74 Å². The van der Waals surface area contributed by atoms with Crippen LogP contribution in [0.5, 0.6) is 11.5 Å². The summed E-state index contributed by atoms with van der Waals surface area (Å²) in [6.45, 7) is 0.303. The Hall–Kier alpha value is -4.19. The fourth-order valence-electron chi connectivity index (χ4n) is 2.90. The van der Waals surface area contributed by atoms with Crippen LogP contribution in [0.1, 0.15) is 16.1 Å². The molecule has 0 aliphatic carbocycles. The highest BCUT2D eigenvalue weighted by molar-refractivity contribution is 5.92. The monoisotopic (exact) mass is 397 g/mol. The smallest absolute Gasteiger partial charge is 0.272 e. The largest absolute Gasteiger partial charge is 0.457 e. The highest BCUT2D eigenvalue weighted by Gasteiger charge is 2.11. The minimum absolute atomic E-state index is 0.162. The second-order valence-electron chi connectivity index (χ2n) is 6.55. The van der Waals surface area contributed by atoms with Crippen LogP contribution in [0.25, 0.3) is 5.69 Å². The molecule has 1 amide bonds. The molecular weight excluding hydrogens is 378 g/mol. The molecule has 0 saturated carbocycles. The van der Waals surface area contributed by atoms with Crippen molar-refractivity contribution in [1.82, 2.24) is 15.1 Å². The first kappa shape index (κ1) is 19.1. The van der Waals surface area contributed by atoms with Crippen LogP contribution in [0.15, 0.2) is 102 Å². The maximum atomic E-state index is 12.6. The molecule has 6 heteroatoms. The number of para-hydroxylation sites is 2. The van der Waals surface area contributed by atoms with Crippen molar-refractivity contribution in [2.75, 3.05) is 0 Å². The molecule has 0 spiro atoms. The molecule has 0 atom stereocenters. The van der Waals surface area contributed by atoms with Gasteiger partial charge in [-0.3, -0.25) is 9.59 Å². The zero-order chi connectivity index (χ0) is 20.8. The Bertz CT molecular complexity index is 1210. The normalized spacial score (nSPS) is 10.4. The lowest BCUT2D eigenvalue weighted by atomic mass is 10.2. The molecule has 0 saturated heterocycles. The average Bonchev–Trinajstić information content (AvgIpc) is 2.79. The van der Waals surface area contributed by atoms with Crippen molar-refractivity contribution in [2.45, 2.75) is 6.54 Å². The van der Waals surface area contributed by atoms with Crippen LogP contribution in [-0.4, -0.2) is 15.7 Å². The van der Waals surface area contributed by atoms with Crippen LogP contribution < -0.4 is 15.6 Å². The molecule has 0 unspecified atom stereocenters. The van der Waals surface area contributed by atoms with Gasteiger partial charge in [0, 0.05) is 12.6 Å². The Kier molecular flexibility index (Phi) is 5.66. The predicted octanol–water partition coefficient (Wildman–Crippen LogP) is 3.95. The van der Waals surface area contributed by atoms with E-state index in [1.54, 1.807) is 24.3 Å². The summed E-state index contributed by atoms with van der Waals surface area (Å²) in [5, 5.41) is 7.03. The van der Waals surface area contributed by atoms with E-state index in [1.165, 1.54) is 16.8 Å². The maximum absolute atomic E-state index is 12.6. The van der Waals surface area contributed by atoms with Crippen molar-refractivity contribution in [3.63, 3.8) is 0 Å². The fourth-order valence-corrected chi connectivity index (χ4v) is 2.90. The van der Waals surface area contributed by atoms with Gasteiger partial charge in [-0.05, 0) is 48.0 Å². The molecule has 148 valence electrons. The summed E-state index contributed by atoms with van der Waals surface area (Å²) >= 11 is 0. The van der Waals surface area contributed by atoms with Gasteiger partial charge >= 0.3 is 0 Å². The third-order valence-corrected chi connectivity index (χ3v) is 4.36. The van der Waals surface area contributed by atoms with E-state index in [0.717, 1.165) is 11.3 Å². The van der Waals surface area contributed by atoms with Crippen LogP contribution in [-0.2, 0) is 6.54 Å². The van der Waals surface area contributed by atoms with Gasteiger partial charge in [0.05, 0.1) is 5.69 Å². The highest BCUT2D eigenvalue weighted by atomic mass is 16.5. The molecule has 1 aromatic heterocycles. The number of amides is 1. The van der Waals surface area contributed by atoms with Crippen LogP contribution in [0.4, 0.5) is 0 Å². The number of ether oxygens (including phenoxy) is 1. The summed E-state index contributed by atoms with van der Waals surface area (Å²) in [5.41, 5.74) is 1.34. The van der Waals surface area contributed by atoms with Gasteiger partial charge in [-0.15, -0.1) is 0 Å². The van der Waals surface area contributed by atoms with Gasteiger partial charge < -0.3 is 10.1 Å². The lowest BCUT2D eigenvalue weighted by molar-refractivity contribution is 0.0944. The summed E-state index contributed by atoms with van der Waals surface area (Å²) in [7, 11) is 0. The number of aromatic nitrogens is 2. The number of hydrogen-bond acceptors (Lipinski definition) is 4. The van der Waals surface area contributed by atoms with E-state index < -0.39 is 0 Å². The first-order valence-corrected chi connectivity index (χ1v) is 9.45. The molecule has 30 heavy (non-hydrogen) atoms. The van der Waals surface area contributed by atoms with Crippen LogP contribution in [0.3, 0.4) is 0 Å². The summed E-state index contributed by atoms with van der Waals surface area (Å²) in [6.07, 6.45) is 0. The van der Waals surface area contributed by atoms with Crippen molar-refractivity contribution in [3.8, 4) is 17.2 Å². The van der Waals surface area contributed by atoms with Gasteiger partial charge in [0.2, 0.25) is 0 Å². The van der Waals surface area contributed by atoms with Crippen LogP contribution in [0.2, 0.25) is 0 Å². The van der Waals surface area contributed by atoms with Gasteiger partial charge in [-0.2, -0.15) is 9.78 Å². The molecule has 1 heterocycles. The van der Waals surface area contributed by atoms with E-state index in [0.29, 0.717) is 18.0 Å². The van der Waals surface area contributed by atoms with Crippen LogP contribution >= 0.6 is 0 Å². The van der Waals surface area contributed by atoms with Crippen molar-refractivity contribution < 1.29 is 9.53 Å². The lowest BCUT2D eigenvalue weighted by Crippen LogP contribution is -2.28. The lowest BCUT2D eigenvalue weighted by Gasteiger charge is -2.09. The van der Waals surface area contributed by atoms with E-state index >= 15 is 0 Å². The van der Waals surface area contributed by atoms with Crippen molar-refractivity contribution in [2.24, 2.45) is 0 Å². The molecule has 4 rings (SSSR count). The molecule has 6 nitrogen and oxygen atoms in total. The number of rotatable bonds is 6. The number of carbonyl (C=O) groups is 1. The Morgan fingerprint density at radius 1 is 0.833 bits per heavy atom. The number of nitrogens with zero attached hydrogens (tertiary/aromatic N) is 2. The minimum Gasteiger partial charge on any atom is -0.457 e. The van der Waals surface area contributed by atoms with Gasteiger partial charge in [-0.1, -0.05) is 48.5 Å². The van der Waals surface area contributed by atoms with E-state index in [-0.39, 0.29) is 17.2 Å². The molecule has 1 N–H and O–H groups in total. The van der Waals surface area contributed by atoms with Crippen molar-refractivity contribution in [1.29, 1.82) is 0 Å². The third-order valence-electron chi connectivity index (χ3n) is 4.36. The molecule has 0 fully saturated rings. The Balaban J connectivity index is 1.45. The van der Waals surface area contributed by atoms with Crippen molar-refractivity contribution in [3.05, 3.63) is 119 Å². The molecule has 0 aliphatic heterocycles. The van der Waals surface area contributed by atoms with Gasteiger partial charge in [-0.25, -0.2) is 0 Å². The second-order valence-corrected chi connectivity index (χ2v) is 6.55. The molecule has 0 radical (unpaired) electrons. The zero-order valence-electron chi connectivity index (χ0n) is 16.1. The third kappa shape index (κ3) is 4.62. The summed E-state index contributed by atoms with van der Waals surface area (Å²) in [6, 6.07) is 28.7. The Labute approximate surface area is 173 Å². The Morgan fingerprint density at radius 2 is 1.53 bits per heavy atom. The molecule has 4 aromatic rings. The first-order chi connectivity index (χ1) is 14.7. The minimum atomic E-state index is -0.367.